The van der Waals surface area contributed by atoms with Crippen molar-refractivity contribution in [3.05, 3.63) is 23.0 Å². The summed E-state index contributed by atoms with van der Waals surface area (Å²) >= 11 is 0. The second-order valence-electron chi connectivity index (χ2n) is 5.69. The molecular formula is C15H24O2. The van der Waals surface area contributed by atoms with Crippen LogP contribution in [0.2, 0.25) is 0 Å². The Hall–Kier alpha value is -1.05. The first-order valence-corrected chi connectivity index (χ1v) is 6.41. The molecule has 2 nitrogen and oxygen atoms in total. The Morgan fingerprint density at radius 1 is 1.47 bits per heavy atom. The third-order valence-electron chi connectivity index (χ3n) is 3.78. The van der Waals surface area contributed by atoms with E-state index in [1.807, 2.05) is 6.92 Å². The molecule has 1 rings (SSSR count). The van der Waals surface area contributed by atoms with Crippen LogP contribution in [-0.2, 0) is 9.53 Å². The zero-order valence-electron chi connectivity index (χ0n) is 11.5. The van der Waals surface area contributed by atoms with Crippen LogP contribution in [0.1, 0.15) is 59.8 Å². The largest absolute Gasteiger partial charge is 0.437 e. The molecule has 0 fully saturated rings. The summed E-state index contributed by atoms with van der Waals surface area (Å²) in [7, 11) is 0. The minimum Gasteiger partial charge on any atom is -0.437 e. The summed E-state index contributed by atoms with van der Waals surface area (Å²) in [6, 6.07) is 0. The molecule has 1 aliphatic carbocycles. The lowest BCUT2D eigenvalue weighted by Gasteiger charge is -2.34. The third kappa shape index (κ3) is 4.03. The molecule has 0 N–H and O–H groups in total. The Kier molecular flexibility index (Phi) is 4.98. The SMILES string of the molecule is CC1=C(CC/C(C)=C/OC=O)C(C)(C)CCC1. The fraction of sp³-hybridized carbons (Fsp3) is 0.667. The van der Waals surface area contributed by atoms with Gasteiger partial charge in [-0.2, -0.15) is 0 Å². The summed E-state index contributed by atoms with van der Waals surface area (Å²) in [5.74, 6) is 0. The van der Waals surface area contributed by atoms with E-state index in [1.165, 1.54) is 19.3 Å². The molecule has 0 aromatic rings. The van der Waals surface area contributed by atoms with E-state index >= 15 is 0 Å². The molecule has 0 bridgehead atoms. The van der Waals surface area contributed by atoms with Crippen LogP contribution in [0.25, 0.3) is 0 Å². The molecule has 0 radical (unpaired) electrons. The lowest BCUT2D eigenvalue weighted by molar-refractivity contribution is -0.123. The van der Waals surface area contributed by atoms with E-state index in [1.54, 1.807) is 17.4 Å². The van der Waals surface area contributed by atoms with Crippen LogP contribution >= 0.6 is 0 Å². The van der Waals surface area contributed by atoms with Crippen LogP contribution in [-0.4, -0.2) is 6.47 Å². The zero-order chi connectivity index (χ0) is 12.9. The summed E-state index contributed by atoms with van der Waals surface area (Å²) in [5.41, 5.74) is 4.63. The summed E-state index contributed by atoms with van der Waals surface area (Å²) < 4.78 is 4.66. The Morgan fingerprint density at radius 2 is 2.18 bits per heavy atom. The van der Waals surface area contributed by atoms with Crippen LogP contribution in [0.4, 0.5) is 0 Å². The summed E-state index contributed by atoms with van der Waals surface area (Å²) in [6.07, 6.45) is 7.46. The fourth-order valence-corrected chi connectivity index (χ4v) is 2.75. The van der Waals surface area contributed by atoms with Gasteiger partial charge in [0, 0.05) is 0 Å². The number of hydrogen-bond donors (Lipinski definition) is 0. The van der Waals surface area contributed by atoms with Crippen molar-refractivity contribution in [2.24, 2.45) is 5.41 Å². The first kappa shape index (κ1) is 14.0. The number of carbonyl (C=O) groups excluding carboxylic acids is 1. The second-order valence-corrected chi connectivity index (χ2v) is 5.69. The molecule has 0 aromatic carbocycles. The first-order valence-electron chi connectivity index (χ1n) is 6.41. The molecule has 0 amide bonds. The zero-order valence-corrected chi connectivity index (χ0v) is 11.5. The van der Waals surface area contributed by atoms with Crippen molar-refractivity contribution in [2.45, 2.75) is 59.8 Å². The van der Waals surface area contributed by atoms with Crippen molar-refractivity contribution in [1.82, 2.24) is 0 Å². The minimum absolute atomic E-state index is 0.341. The van der Waals surface area contributed by atoms with Gasteiger partial charge in [0.05, 0.1) is 6.26 Å². The molecule has 2 heteroatoms. The second kappa shape index (κ2) is 6.04. The summed E-state index contributed by atoms with van der Waals surface area (Å²) in [5, 5.41) is 0. The van der Waals surface area contributed by atoms with Gasteiger partial charge in [-0.25, -0.2) is 0 Å². The van der Waals surface area contributed by atoms with E-state index in [0.29, 0.717) is 11.9 Å². The Bertz CT molecular complexity index is 335. The molecule has 0 spiro atoms. The van der Waals surface area contributed by atoms with Crippen molar-refractivity contribution in [2.75, 3.05) is 0 Å². The van der Waals surface area contributed by atoms with Crippen LogP contribution < -0.4 is 0 Å². The van der Waals surface area contributed by atoms with Gasteiger partial charge < -0.3 is 4.74 Å². The van der Waals surface area contributed by atoms with Gasteiger partial charge in [0.25, 0.3) is 6.47 Å². The molecule has 0 saturated heterocycles. The average Bonchev–Trinajstić information content (AvgIpc) is 2.24. The smallest absolute Gasteiger partial charge is 0.297 e. The van der Waals surface area contributed by atoms with Gasteiger partial charge in [-0.1, -0.05) is 25.0 Å². The standard InChI is InChI=1S/C15H24O2/c1-12(10-17-11-16)7-8-14-13(2)6-5-9-15(14,3)4/h10-11H,5-9H2,1-4H3/b12-10+. The maximum absolute atomic E-state index is 10.1. The molecule has 0 aromatic heterocycles. The molecule has 0 saturated carbocycles. The van der Waals surface area contributed by atoms with Crippen molar-refractivity contribution in [3.63, 3.8) is 0 Å². The number of ether oxygens (including phenoxy) is 1. The van der Waals surface area contributed by atoms with Crippen LogP contribution in [0, 0.1) is 5.41 Å². The number of allylic oxidation sites excluding steroid dienone is 3. The normalized spacial score (nSPS) is 20.4. The number of hydrogen-bond acceptors (Lipinski definition) is 2. The topological polar surface area (TPSA) is 26.3 Å². The number of carbonyl (C=O) groups is 1. The van der Waals surface area contributed by atoms with E-state index in [0.717, 1.165) is 18.4 Å². The average molecular weight is 236 g/mol. The number of rotatable bonds is 5. The minimum atomic E-state index is 0.341. The van der Waals surface area contributed by atoms with Crippen molar-refractivity contribution < 1.29 is 9.53 Å². The van der Waals surface area contributed by atoms with E-state index in [2.05, 4.69) is 25.5 Å². The maximum Gasteiger partial charge on any atom is 0.297 e. The van der Waals surface area contributed by atoms with Crippen LogP contribution in [0.15, 0.2) is 23.0 Å². The molecule has 0 aliphatic heterocycles. The first-order chi connectivity index (χ1) is 7.97. The van der Waals surface area contributed by atoms with E-state index in [4.69, 9.17) is 0 Å². The van der Waals surface area contributed by atoms with Gasteiger partial charge >= 0.3 is 0 Å². The van der Waals surface area contributed by atoms with Gasteiger partial charge in [0.1, 0.15) is 0 Å². The Morgan fingerprint density at radius 3 is 2.76 bits per heavy atom. The molecule has 1 aliphatic rings. The highest BCUT2D eigenvalue weighted by Gasteiger charge is 2.27. The van der Waals surface area contributed by atoms with Gasteiger partial charge in [-0.15, -0.1) is 0 Å². The monoisotopic (exact) mass is 236 g/mol. The quantitative estimate of drug-likeness (QED) is 0.402. The Labute approximate surface area is 105 Å². The van der Waals surface area contributed by atoms with E-state index in [9.17, 15) is 4.79 Å². The van der Waals surface area contributed by atoms with Crippen molar-refractivity contribution in [3.8, 4) is 0 Å². The molecule has 96 valence electrons. The van der Waals surface area contributed by atoms with Crippen LogP contribution in [0.5, 0.6) is 0 Å². The highest BCUT2D eigenvalue weighted by atomic mass is 16.5. The van der Waals surface area contributed by atoms with E-state index in [-0.39, 0.29) is 0 Å². The third-order valence-corrected chi connectivity index (χ3v) is 3.78. The predicted octanol–water partition coefficient (Wildman–Crippen LogP) is 4.37. The molecule has 0 atom stereocenters. The fourth-order valence-electron chi connectivity index (χ4n) is 2.75. The van der Waals surface area contributed by atoms with Crippen molar-refractivity contribution in [1.29, 1.82) is 0 Å². The van der Waals surface area contributed by atoms with Gasteiger partial charge in [0.15, 0.2) is 0 Å². The molecule has 17 heavy (non-hydrogen) atoms. The summed E-state index contributed by atoms with van der Waals surface area (Å²) in [4.78, 5) is 10.1. The molecular weight excluding hydrogens is 212 g/mol. The predicted molar refractivity (Wildman–Crippen MR) is 70.5 cm³/mol. The van der Waals surface area contributed by atoms with Gasteiger partial charge in [-0.05, 0) is 56.9 Å². The van der Waals surface area contributed by atoms with Crippen LogP contribution in [0.3, 0.4) is 0 Å². The highest BCUT2D eigenvalue weighted by molar-refractivity contribution is 5.38. The lowest BCUT2D eigenvalue weighted by Crippen LogP contribution is -2.20. The van der Waals surface area contributed by atoms with Crippen molar-refractivity contribution >= 4 is 6.47 Å². The summed E-state index contributed by atoms with van der Waals surface area (Å²) in [6.45, 7) is 9.42. The molecule has 0 unspecified atom stereocenters. The lowest BCUT2D eigenvalue weighted by atomic mass is 9.71. The Balaban J connectivity index is 2.63. The maximum atomic E-state index is 10.1. The van der Waals surface area contributed by atoms with Gasteiger partial charge in [-0.3, -0.25) is 4.79 Å². The molecule has 0 heterocycles. The van der Waals surface area contributed by atoms with E-state index < -0.39 is 0 Å². The van der Waals surface area contributed by atoms with Gasteiger partial charge in [0.2, 0.25) is 0 Å². The highest BCUT2D eigenvalue weighted by Crippen LogP contribution is 2.42.